The lowest BCUT2D eigenvalue weighted by molar-refractivity contribution is -0.00518. The lowest BCUT2D eigenvalue weighted by Crippen LogP contribution is -2.48. The van der Waals surface area contributed by atoms with Crippen molar-refractivity contribution >= 4 is 0 Å². The molecule has 1 unspecified atom stereocenters. The number of hydrogen-bond donors (Lipinski definition) is 0. The van der Waals surface area contributed by atoms with Crippen LogP contribution in [-0.4, -0.2) is 15.0 Å². The summed E-state index contributed by atoms with van der Waals surface area (Å²) in [5, 5.41) is 9.78. The van der Waals surface area contributed by atoms with Crippen molar-refractivity contribution in [3.05, 3.63) is 185 Å². The lowest BCUT2D eigenvalue weighted by Gasteiger charge is -2.57. The Bertz CT molecular complexity index is 2590. The van der Waals surface area contributed by atoms with Gasteiger partial charge in [0.05, 0.1) is 17.0 Å². The van der Waals surface area contributed by atoms with E-state index in [2.05, 4.69) is 127 Å². The maximum Gasteiger partial charge on any atom is 0.164 e. The number of aromatic nitrogens is 3. The van der Waals surface area contributed by atoms with Gasteiger partial charge < -0.3 is 0 Å². The van der Waals surface area contributed by atoms with Crippen molar-refractivity contribution in [3.8, 4) is 51.4 Å². The van der Waals surface area contributed by atoms with E-state index >= 15 is 0 Å². The van der Waals surface area contributed by atoms with E-state index in [0.29, 0.717) is 28.5 Å². The minimum atomic E-state index is -0.684. The molecule has 4 nitrogen and oxygen atoms in total. The summed E-state index contributed by atoms with van der Waals surface area (Å²) in [6, 6.07) is 56.0. The van der Waals surface area contributed by atoms with Crippen molar-refractivity contribution in [2.24, 2.45) is 17.8 Å². The van der Waals surface area contributed by atoms with Crippen molar-refractivity contribution in [1.29, 1.82) is 5.26 Å². The fraction of sp³-hybridized carbons (Fsp3) is 0.216. The van der Waals surface area contributed by atoms with Gasteiger partial charge in [-0.1, -0.05) is 140 Å². The van der Waals surface area contributed by atoms with E-state index in [9.17, 15) is 5.26 Å². The number of nitriles is 1. The Balaban J connectivity index is 1.12. The highest BCUT2D eigenvalue weighted by atomic mass is 15.0. The zero-order valence-electron chi connectivity index (χ0n) is 30.7. The third kappa shape index (κ3) is 4.99. The highest BCUT2D eigenvalue weighted by Gasteiger charge is 2.52. The van der Waals surface area contributed by atoms with Gasteiger partial charge in [-0.05, 0) is 113 Å². The summed E-state index contributed by atoms with van der Waals surface area (Å²) in [5.74, 6) is 4.68. The molecule has 55 heavy (non-hydrogen) atoms. The van der Waals surface area contributed by atoms with Crippen LogP contribution >= 0.6 is 0 Å². The molecule has 0 N–H and O–H groups in total. The van der Waals surface area contributed by atoms with Gasteiger partial charge in [-0.15, -0.1) is 0 Å². The smallest absolute Gasteiger partial charge is 0.164 e. The van der Waals surface area contributed by atoms with Crippen LogP contribution in [0.4, 0.5) is 0 Å². The molecular weight excluding hydrogens is 669 g/mol. The summed E-state index contributed by atoms with van der Waals surface area (Å²) in [6.45, 7) is 0. The number of benzene rings is 6. The van der Waals surface area contributed by atoms with E-state index in [1.165, 1.54) is 55.2 Å². The maximum atomic E-state index is 9.78. The molecule has 0 aliphatic heterocycles. The van der Waals surface area contributed by atoms with E-state index in [4.69, 9.17) is 15.0 Å². The second-order valence-electron chi connectivity index (χ2n) is 16.5. The number of rotatable bonds is 6. The fourth-order valence-electron chi connectivity index (χ4n) is 11.6. The largest absolute Gasteiger partial charge is 0.208 e. The standard InChI is InChI=1S/C51H40N4/c52-32-33-18-22-41(23-19-33)51(40-12-5-2-6-13-40)45-17-8-7-14-42(45)43-15-9-16-44(46(43)51)49-54-47(37-10-3-1-4-11-37)53-48(55-49)38-20-24-39(25-21-38)50-29-34-26-35(30-50)28-36(27-34)31-50/h1-25,34-36H,26-31H2. The van der Waals surface area contributed by atoms with Gasteiger partial charge in [0, 0.05) is 16.7 Å². The van der Waals surface area contributed by atoms with E-state index in [-0.39, 0.29) is 0 Å². The van der Waals surface area contributed by atoms with Crippen molar-refractivity contribution in [2.45, 2.75) is 49.4 Å². The van der Waals surface area contributed by atoms with Gasteiger partial charge in [0.1, 0.15) is 0 Å². The molecule has 0 saturated heterocycles. The second kappa shape index (κ2) is 12.4. The second-order valence-corrected chi connectivity index (χ2v) is 16.5. The fourth-order valence-corrected chi connectivity index (χ4v) is 11.6. The van der Waals surface area contributed by atoms with Crippen LogP contribution in [0.2, 0.25) is 0 Å². The molecule has 0 amide bonds. The van der Waals surface area contributed by atoms with E-state index in [1.807, 2.05) is 30.3 Å². The molecule has 1 heterocycles. The first-order valence-electron chi connectivity index (χ1n) is 19.8. The average molecular weight is 709 g/mol. The first-order valence-corrected chi connectivity index (χ1v) is 19.8. The zero-order chi connectivity index (χ0) is 36.6. The van der Waals surface area contributed by atoms with Gasteiger partial charge in [0.25, 0.3) is 0 Å². The van der Waals surface area contributed by atoms with Crippen molar-refractivity contribution in [3.63, 3.8) is 0 Å². The normalized spacial score (nSPS) is 24.2. The summed E-state index contributed by atoms with van der Waals surface area (Å²) in [4.78, 5) is 15.8. The van der Waals surface area contributed by atoms with Crippen LogP contribution in [0.15, 0.2) is 152 Å². The van der Waals surface area contributed by atoms with E-state index in [0.717, 1.165) is 56.7 Å². The molecule has 0 radical (unpaired) electrons. The predicted octanol–water partition coefficient (Wildman–Crippen LogP) is 11.6. The Morgan fingerprint density at radius 2 is 0.964 bits per heavy atom. The Kier molecular flexibility index (Phi) is 7.29. The average Bonchev–Trinajstić information content (AvgIpc) is 3.55. The molecule has 4 bridgehead atoms. The predicted molar refractivity (Wildman–Crippen MR) is 218 cm³/mol. The topological polar surface area (TPSA) is 62.5 Å². The third-order valence-corrected chi connectivity index (χ3v) is 13.4. The van der Waals surface area contributed by atoms with Crippen LogP contribution in [0.5, 0.6) is 0 Å². The maximum absolute atomic E-state index is 9.78. The van der Waals surface area contributed by atoms with Gasteiger partial charge in [-0.3, -0.25) is 0 Å². The molecule has 264 valence electrons. The first kappa shape index (κ1) is 32.3. The van der Waals surface area contributed by atoms with Crippen LogP contribution in [0, 0.1) is 29.1 Å². The molecule has 4 heteroatoms. The van der Waals surface area contributed by atoms with E-state index < -0.39 is 5.41 Å². The summed E-state index contributed by atoms with van der Waals surface area (Å²) in [7, 11) is 0. The van der Waals surface area contributed by atoms with Gasteiger partial charge >= 0.3 is 0 Å². The molecule has 7 aromatic rings. The van der Waals surface area contributed by atoms with Crippen LogP contribution in [0.25, 0.3) is 45.3 Å². The molecule has 1 aromatic heterocycles. The van der Waals surface area contributed by atoms with Crippen LogP contribution in [0.3, 0.4) is 0 Å². The number of hydrogen-bond acceptors (Lipinski definition) is 4. The Morgan fingerprint density at radius 1 is 0.455 bits per heavy atom. The minimum absolute atomic E-state index is 0.332. The Labute approximate surface area is 322 Å². The Hall–Kier alpha value is -6.18. The molecule has 5 aliphatic carbocycles. The van der Waals surface area contributed by atoms with Crippen LogP contribution in [-0.2, 0) is 10.8 Å². The van der Waals surface area contributed by atoms with Crippen molar-refractivity contribution in [2.75, 3.05) is 0 Å². The van der Waals surface area contributed by atoms with Crippen molar-refractivity contribution < 1.29 is 0 Å². The van der Waals surface area contributed by atoms with Gasteiger partial charge in [0.15, 0.2) is 17.5 Å². The van der Waals surface area contributed by atoms with Gasteiger partial charge in [0.2, 0.25) is 0 Å². The molecule has 12 rings (SSSR count). The first-order chi connectivity index (χ1) is 27.1. The molecular formula is C51H40N4. The minimum Gasteiger partial charge on any atom is -0.208 e. The monoisotopic (exact) mass is 708 g/mol. The van der Waals surface area contributed by atoms with Crippen LogP contribution in [0.1, 0.15) is 71.9 Å². The van der Waals surface area contributed by atoms with Crippen LogP contribution < -0.4 is 0 Å². The number of nitrogens with zero attached hydrogens (tertiary/aromatic N) is 4. The SMILES string of the molecule is N#Cc1ccc(C2(c3ccccc3)c3ccccc3-c3cccc(-c4nc(-c5ccccc5)nc(-c5ccc(C67CC8CC(CC(C8)C6)C7)cc5)n4)c32)cc1. The quantitative estimate of drug-likeness (QED) is 0.172. The van der Waals surface area contributed by atoms with Gasteiger partial charge in [-0.2, -0.15) is 5.26 Å². The molecule has 0 spiro atoms. The lowest BCUT2D eigenvalue weighted by atomic mass is 9.48. The molecule has 6 aromatic carbocycles. The summed E-state index contributed by atoms with van der Waals surface area (Å²) >= 11 is 0. The molecule has 4 fully saturated rings. The summed E-state index contributed by atoms with van der Waals surface area (Å²) in [5.41, 5.74) is 11.6. The zero-order valence-corrected chi connectivity index (χ0v) is 30.7. The summed E-state index contributed by atoms with van der Waals surface area (Å²) in [6.07, 6.45) is 8.36. The van der Waals surface area contributed by atoms with Crippen molar-refractivity contribution in [1.82, 2.24) is 15.0 Å². The number of fused-ring (bicyclic) bond motifs is 3. The molecule has 1 atom stereocenters. The van der Waals surface area contributed by atoms with E-state index in [1.54, 1.807) is 0 Å². The summed E-state index contributed by atoms with van der Waals surface area (Å²) < 4.78 is 0. The highest BCUT2D eigenvalue weighted by Crippen LogP contribution is 2.61. The third-order valence-electron chi connectivity index (χ3n) is 13.4. The Morgan fingerprint density at radius 3 is 1.62 bits per heavy atom. The highest BCUT2D eigenvalue weighted by molar-refractivity contribution is 5.92. The molecule has 4 saturated carbocycles. The molecule has 5 aliphatic rings. The van der Waals surface area contributed by atoms with Gasteiger partial charge in [-0.25, -0.2) is 15.0 Å².